The van der Waals surface area contributed by atoms with Crippen molar-refractivity contribution in [1.29, 1.82) is 0 Å². The van der Waals surface area contributed by atoms with Crippen molar-refractivity contribution in [2.45, 2.75) is 64.5 Å². The summed E-state index contributed by atoms with van der Waals surface area (Å²) in [6, 6.07) is 0.157. The van der Waals surface area contributed by atoms with Crippen LogP contribution in [-0.4, -0.2) is 36.0 Å². The van der Waals surface area contributed by atoms with E-state index in [1.54, 1.807) is 6.08 Å². The fourth-order valence-electron chi connectivity index (χ4n) is 7.15. The third-order valence-corrected chi connectivity index (χ3v) is 8.44. The molecule has 4 rings (SSSR count). The standard InChI is InChI=1S/C20H31N3O2/c1-19-10-8-14-12(13(19)5-6-15(19)22-18(21)25)4-7-16-20(14,2)11-9-17(24)23(16)3/h9,11-16H,4-8,10H2,1-3H3,(H3,21,22,25)/t12-,13-,14-,15-,16+,19-,20+/m0/s1. The Kier molecular flexibility index (Phi) is 3.71. The number of nitrogens with one attached hydrogen (secondary N) is 1. The minimum absolute atomic E-state index is 0.0854. The highest BCUT2D eigenvalue weighted by atomic mass is 16.2. The van der Waals surface area contributed by atoms with Crippen LogP contribution in [0.3, 0.4) is 0 Å². The van der Waals surface area contributed by atoms with Crippen LogP contribution in [0.15, 0.2) is 12.2 Å². The Bertz CT molecular complexity index is 632. The summed E-state index contributed by atoms with van der Waals surface area (Å²) in [5.41, 5.74) is 5.68. The predicted molar refractivity (Wildman–Crippen MR) is 96.6 cm³/mol. The number of fused-ring (bicyclic) bond motifs is 5. The van der Waals surface area contributed by atoms with Crippen molar-refractivity contribution in [3.05, 3.63) is 12.2 Å². The van der Waals surface area contributed by atoms with Crippen LogP contribution in [-0.2, 0) is 4.79 Å². The van der Waals surface area contributed by atoms with Gasteiger partial charge in [0, 0.05) is 24.5 Å². The van der Waals surface area contributed by atoms with E-state index in [4.69, 9.17) is 5.73 Å². The third-order valence-electron chi connectivity index (χ3n) is 8.44. The average molecular weight is 345 g/mol. The zero-order chi connectivity index (χ0) is 18.0. The largest absolute Gasteiger partial charge is 0.352 e. The molecular weight excluding hydrogens is 314 g/mol. The summed E-state index contributed by atoms with van der Waals surface area (Å²) in [6.07, 6.45) is 10.8. The van der Waals surface area contributed by atoms with Crippen LogP contribution in [0, 0.1) is 28.6 Å². The summed E-state index contributed by atoms with van der Waals surface area (Å²) in [5, 5.41) is 3.03. The van der Waals surface area contributed by atoms with Crippen LogP contribution in [0.1, 0.15) is 52.4 Å². The molecule has 1 heterocycles. The fourth-order valence-corrected chi connectivity index (χ4v) is 7.15. The zero-order valence-electron chi connectivity index (χ0n) is 15.6. The highest BCUT2D eigenvalue weighted by Gasteiger charge is 2.60. The molecule has 0 aromatic carbocycles. The van der Waals surface area contributed by atoms with Gasteiger partial charge in [0.2, 0.25) is 5.91 Å². The van der Waals surface area contributed by atoms with Crippen molar-refractivity contribution in [1.82, 2.24) is 10.2 Å². The Morgan fingerprint density at radius 1 is 1.20 bits per heavy atom. The van der Waals surface area contributed by atoms with E-state index in [2.05, 4.69) is 25.2 Å². The molecule has 138 valence electrons. The first-order valence-electron chi connectivity index (χ1n) is 9.79. The van der Waals surface area contributed by atoms with Gasteiger partial charge in [-0.1, -0.05) is 19.9 Å². The first-order valence-corrected chi connectivity index (χ1v) is 9.79. The molecule has 4 aliphatic rings. The van der Waals surface area contributed by atoms with Gasteiger partial charge >= 0.3 is 6.03 Å². The van der Waals surface area contributed by atoms with E-state index in [1.165, 1.54) is 19.3 Å². The predicted octanol–water partition coefficient (Wildman–Crippen LogP) is 2.66. The highest BCUT2D eigenvalue weighted by molar-refractivity contribution is 5.89. The second-order valence-corrected chi connectivity index (χ2v) is 9.30. The number of likely N-dealkylation sites (N-methyl/N-ethyl adjacent to an activating group) is 1. The van der Waals surface area contributed by atoms with Crippen molar-refractivity contribution in [2.24, 2.45) is 34.3 Å². The number of carbonyl (C=O) groups excluding carboxylic acids is 2. The van der Waals surface area contributed by atoms with Crippen molar-refractivity contribution >= 4 is 11.9 Å². The molecule has 1 aliphatic heterocycles. The average Bonchev–Trinajstić information content (AvgIpc) is 2.88. The number of hydrogen-bond acceptors (Lipinski definition) is 2. The molecule has 5 heteroatoms. The van der Waals surface area contributed by atoms with Crippen molar-refractivity contribution < 1.29 is 9.59 Å². The van der Waals surface area contributed by atoms with Crippen LogP contribution in [0.4, 0.5) is 4.79 Å². The van der Waals surface area contributed by atoms with Crippen LogP contribution in [0.5, 0.6) is 0 Å². The lowest BCUT2D eigenvalue weighted by Gasteiger charge is -2.60. The van der Waals surface area contributed by atoms with E-state index in [-0.39, 0.29) is 28.8 Å². The van der Waals surface area contributed by atoms with Crippen LogP contribution in [0.25, 0.3) is 0 Å². The molecule has 5 nitrogen and oxygen atoms in total. The molecule has 0 bridgehead atoms. The number of nitrogens with two attached hydrogens (primary N) is 1. The van der Waals surface area contributed by atoms with E-state index in [0.29, 0.717) is 23.8 Å². The Hall–Kier alpha value is -1.52. The van der Waals surface area contributed by atoms with Gasteiger partial charge in [-0.25, -0.2) is 4.79 Å². The number of rotatable bonds is 1. The monoisotopic (exact) mass is 345 g/mol. The van der Waals surface area contributed by atoms with Crippen molar-refractivity contribution in [3.63, 3.8) is 0 Å². The Labute approximate surface area is 150 Å². The van der Waals surface area contributed by atoms with Crippen LogP contribution < -0.4 is 11.1 Å². The normalized spacial score (nSPS) is 48.5. The summed E-state index contributed by atoms with van der Waals surface area (Å²) in [7, 11) is 1.96. The smallest absolute Gasteiger partial charge is 0.312 e. The molecule has 0 spiro atoms. The highest BCUT2D eigenvalue weighted by Crippen LogP contribution is 2.63. The fraction of sp³-hybridized carbons (Fsp3) is 0.800. The molecule has 0 aromatic heterocycles. The van der Waals surface area contributed by atoms with E-state index < -0.39 is 0 Å². The summed E-state index contributed by atoms with van der Waals surface area (Å²) >= 11 is 0. The second-order valence-electron chi connectivity index (χ2n) is 9.30. The number of carbonyl (C=O) groups is 2. The third kappa shape index (κ3) is 2.27. The van der Waals surface area contributed by atoms with Crippen LogP contribution >= 0.6 is 0 Å². The number of nitrogens with zero attached hydrogens (tertiary/aromatic N) is 1. The summed E-state index contributed by atoms with van der Waals surface area (Å²) in [4.78, 5) is 25.5. The van der Waals surface area contributed by atoms with E-state index >= 15 is 0 Å². The molecule has 3 amide bonds. The molecule has 0 saturated heterocycles. The number of primary amides is 1. The van der Waals surface area contributed by atoms with E-state index in [1.807, 2.05) is 11.9 Å². The van der Waals surface area contributed by atoms with Gasteiger partial charge in [-0.2, -0.15) is 0 Å². The van der Waals surface area contributed by atoms with Gasteiger partial charge in [0.05, 0.1) is 0 Å². The molecule has 3 aliphatic carbocycles. The Morgan fingerprint density at radius 3 is 2.68 bits per heavy atom. The second kappa shape index (κ2) is 5.49. The summed E-state index contributed by atoms with van der Waals surface area (Å²) in [6.45, 7) is 4.73. The van der Waals surface area contributed by atoms with Gasteiger partial charge in [-0.3, -0.25) is 4.79 Å². The molecule has 0 radical (unpaired) electrons. The Balaban J connectivity index is 1.63. The molecular formula is C20H31N3O2. The lowest BCUT2D eigenvalue weighted by atomic mass is 9.48. The van der Waals surface area contributed by atoms with Gasteiger partial charge in [0.1, 0.15) is 0 Å². The number of hydrogen-bond donors (Lipinski definition) is 2. The maximum atomic E-state index is 12.1. The van der Waals surface area contributed by atoms with E-state index in [0.717, 1.165) is 19.3 Å². The van der Waals surface area contributed by atoms with Gasteiger partial charge in [-0.15, -0.1) is 0 Å². The van der Waals surface area contributed by atoms with Crippen molar-refractivity contribution in [3.8, 4) is 0 Å². The molecule has 3 N–H and O–H groups in total. The maximum Gasteiger partial charge on any atom is 0.312 e. The molecule has 0 unspecified atom stereocenters. The first kappa shape index (κ1) is 16.9. The molecule has 7 atom stereocenters. The first-order chi connectivity index (χ1) is 11.8. The van der Waals surface area contributed by atoms with Gasteiger partial charge in [-0.05, 0) is 67.8 Å². The topological polar surface area (TPSA) is 75.4 Å². The van der Waals surface area contributed by atoms with Gasteiger partial charge in [0.15, 0.2) is 0 Å². The van der Waals surface area contributed by atoms with Gasteiger partial charge in [0.25, 0.3) is 0 Å². The zero-order valence-corrected chi connectivity index (χ0v) is 15.6. The summed E-state index contributed by atoms with van der Waals surface area (Å²) < 4.78 is 0. The minimum Gasteiger partial charge on any atom is -0.352 e. The maximum absolute atomic E-state index is 12.1. The molecule has 25 heavy (non-hydrogen) atoms. The van der Waals surface area contributed by atoms with Crippen molar-refractivity contribution in [2.75, 3.05) is 7.05 Å². The Morgan fingerprint density at radius 2 is 1.96 bits per heavy atom. The molecule has 0 aromatic rings. The molecule has 3 saturated carbocycles. The lowest BCUT2D eigenvalue weighted by Crippen LogP contribution is -2.60. The number of amides is 3. The van der Waals surface area contributed by atoms with Gasteiger partial charge < -0.3 is 16.0 Å². The van der Waals surface area contributed by atoms with Crippen LogP contribution in [0.2, 0.25) is 0 Å². The van der Waals surface area contributed by atoms with E-state index in [9.17, 15) is 9.59 Å². The minimum atomic E-state index is -0.389. The lowest BCUT2D eigenvalue weighted by molar-refractivity contribution is -0.138. The molecule has 3 fully saturated rings. The quantitative estimate of drug-likeness (QED) is 0.766. The SMILES string of the molecule is CN1C(=O)C=C[C@]2(C)[C@H]3CC[C@]4(C)[C@@H](NC(N)=O)CC[C@H]4[C@@H]3CC[C@@H]12. The number of urea groups is 1. The summed E-state index contributed by atoms with van der Waals surface area (Å²) in [5.74, 6) is 2.11.